The average molecular weight is 347 g/mol. The maximum atomic E-state index is 3.84. The molecular formula is C10H15N2W-. The van der Waals surface area contributed by atoms with Gasteiger partial charge in [0.25, 0.3) is 0 Å². The molecule has 3 heteroatoms. The van der Waals surface area contributed by atoms with Gasteiger partial charge in [0.2, 0.25) is 0 Å². The van der Waals surface area contributed by atoms with Gasteiger partial charge >= 0.3 is 0 Å². The van der Waals surface area contributed by atoms with Crippen molar-refractivity contribution >= 4 is 12.2 Å². The molecule has 1 N–H and O–H groups in total. The third-order valence-corrected chi connectivity index (χ3v) is 1.21. The Morgan fingerprint density at radius 2 is 2.15 bits per heavy atom. The molecule has 13 heavy (non-hydrogen) atoms. The van der Waals surface area contributed by atoms with Crippen LogP contribution < -0.4 is 0 Å². The third kappa shape index (κ3) is 4.84. The Morgan fingerprint density at radius 3 is 2.62 bits per heavy atom. The monoisotopic (exact) mass is 347 g/mol. The summed E-state index contributed by atoms with van der Waals surface area (Å²) in [6, 6.07) is 0. The number of aromatic nitrogens is 2. The molecule has 1 aromatic rings. The Labute approximate surface area is 94.4 Å². The zero-order chi connectivity index (χ0) is 9.40. The van der Waals surface area contributed by atoms with Gasteiger partial charge in [-0.15, -0.1) is 6.92 Å². The molecule has 0 radical (unpaired) electrons. The van der Waals surface area contributed by atoms with E-state index >= 15 is 0 Å². The molecule has 0 aliphatic carbocycles. The molecule has 0 amide bonds. The van der Waals surface area contributed by atoms with E-state index in [-0.39, 0.29) is 21.1 Å². The van der Waals surface area contributed by atoms with E-state index in [1.807, 2.05) is 26.8 Å². The maximum absolute atomic E-state index is 3.84. The van der Waals surface area contributed by atoms with Crippen LogP contribution in [0, 0.1) is 6.08 Å². The van der Waals surface area contributed by atoms with E-state index in [9.17, 15) is 0 Å². The Morgan fingerprint density at radius 1 is 1.54 bits per heavy atom. The van der Waals surface area contributed by atoms with Crippen LogP contribution in [0.15, 0.2) is 12.8 Å². The van der Waals surface area contributed by atoms with Crippen LogP contribution in [0.5, 0.6) is 0 Å². The zero-order valence-corrected chi connectivity index (χ0v) is 11.2. The summed E-state index contributed by atoms with van der Waals surface area (Å²) < 4.78 is 0. The zero-order valence-electron chi connectivity index (χ0n) is 8.29. The quantitative estimate of drug-likeness (QED) is 0.819. The van der Waals surface area contributed by atoms with Crippen molar-refractivity contribution < 1.29 is 21.1 Å². The van der Waals surface area contributed by atoms with Crippen LogP contribution in [0.1, 0.15) is 32.0 Å². The molecular weight excluding hydrogens is 332 g/mol. The van der Waals surface area contributed by atoms with E-state index in [0.717, 1.165) is 11.3 Å². The molecule has 0 spiro atoms. The van der Waals surface area contributed by atoms with Crippen LogP contribution in [0.3, 0.4) is 0 Å². The molecule has 0 aromatic carbocycles. The van der Waals surface area contributed by atoms with Crippen molar-refractivity contribution in [2.45, 2.75) is 20.8 Å². The molecule has 1 rings (SSSR count). The van der Waals surface area contributed by atoms with Crippen LogP contribution in [0.2, 0.25) is 0 Å². The van der Waals surface area contributed by atoms with E-state index in [4.69, 9.17) is 0 Å². The molecule has 1 aromatic heterocycles. The topological polar surface area (TPSA) is 28.7 Å². The Hall–Kier alpha value is -0.622. The number of H-pyrrole nitrogens is 1. The minimum Gasteiger partial charge on any atom is -0.356 e. The molecule has 0 fully saturated rings. The summed E-state index contributed by atoms with van der Waals surface area (Å²) in [5, 5.41) is 6.66. The Bertz CT molecular complexity index is 251. The van der Waals surface area contributed by atoms with Crippen molar-refractivity contribution in [3.05, 3.63) is 30.1 Å². The van der Waals surface area contributed by atoms with Crippen LogP contribution in [0.25, 0.3) is 12.2 Å². The molecule has 0 saturated heterocycles. The first-order valence-corrected chi connectivity index (χ1v) is 4.04. The number of aromatic amines is 1. The molecule has 0 atom stereocenters. The van der Waals surface area contributed by atoms with Crippen LogP contribution >= 0.6 is 0 Å². The van der Waals surface area contributed by atoms with Crippen molar-refractivity contribution in [3.63, 3.8) is 0 Å². The first kappa shape index (κ1) is 14.9. The largest absolute Gasteiger partial charge is 0.356 e. The maximum Gasteiger partial charge on any atom is 0.0369 e. The molecule has 1 heterocycles. The summed E-state index contributed by atoms with van der Waals surface area (Å²) in [7, 11) is 0. The fraction of sp³-hybridized carbons (Fsp3) is 0.300. The summed E-state index contributed by atoms with van der Waals surface area (Å²) in [6.45, 7) is 9.48. The van der Waals surface area contributed by atoms with Gasteiger partial charge in [-0.2, -0.15) is 0 Å². The molecule has 2 nitrogen and oxygen atoms in total. The van der Waals surface area contributed by atoms with Gasteiger partial charge in [-0.3, -0.25) is 6.08 Å². The van der Waals surface area contributed by atoms with Gasteiger partial charge in [0, 0.05) is 27.3 Å². The van der Waals surface area contributed by atoms with Gasteiger partial charge in [0.15, 0.2) is 0 Å². The molecule has 72 valence electrons. The van der Waals surface area contributed by atoms with Crippen molar-refractivity contribution in [1.29, 1.82) is 0 Å². The molecule has 0 unspecified atom stereocenters. The summed E-state index contributed by atoms with van der Waals surface area (Å²) in [6.07, 6.45) is 8.23. The van der Waals surface area contributed by atoms with Gasteiger partial charge in [0.05, 0.1) is 0 Å². The van der Waals surface area contributed by atoms with E-state index < -0.39 is 0 Å². The number of rotatable bonds is 2. The minimum absolute atomic E-state index is 0. The second-order valence-electron chi connectivity index (χ2n) is 1.88. The summed E-state index contributed by atoms with van der Waals surface area (Å²) in [4.78, 5) is 0. The number of hydrogen-bond acceptors (Lipinski definition) is 1. The predicted octanol–water partition coefficient (Wildman–Crippen LogP) is 2.91. The van der Waals surface area contributed by atoms with Crippen LogP contribution in [-0.4, -0.2) is 10.2 Å². The van der Waals surface area contributed by atoms with Crippen molar-refractivity contribution in [2.75, 3.05) is 0 Å². The van der Waals surface area contributed by atoms with Gasteiger partial charge in [-0.1, -0.05) is 37.8 Å². The second kappa shape index (κ2) is 9.47. The third-order valence-electron chi connectivity index (χ3n) is 1.21. The van der Waals surface area contributed by atoms with E-state index in [1.54, 1.807) is 12.3 Å². The van der Waals surface area contributed by atoms with Gasteiger partial charge in [-0.05, 0) is 0 Å². The summed E-state index contributed by atoms with van der Waals surface area (Å²) in [5.74, 6) is 0. The Balaban J connectivity index is 0. The fourth-order valence-electron chi connectivity index (χ4n) is 0.728. The number of nitrogens with one attached hydrogen (secondary N) is 1. The SMILES string of the molecule is C=Cc1cn[nH]c1C=[C-]C.CC.[W]. The van der Waals surface area contributed by atoms with E-state index in [2.05, 4.69) is 22.9 Å². The molecule has 0 saturated carbocycles. The first-order chi connectivity index (χ1) is 5.88. The average Bonchev–Trinajstić information content (AvgIpc) is 2.56. The number of allylic oxidation sites excluding steroid dienone is 1. The van der Waals surface area contributed by atoms with Crippen molar-refractivity contribution in [2.24, 2.45) is 0 Å². The van der Waals surface area contributed by atoms with Crippen LogP contribution in [0.4, 0.5) is 0 Å². The fourth-order valence-corrected chi connectivity index (χ4v) is 0.728. The first-order valence-electron chi connectivity index (χ1n) is 4.04. The van der Waals surface area contributed by atoms with Gasteiger partial charge in [-0.25, -0.2) is 11.2 Å². The minimum atomic E-state index is 0. The summed E-state index contributed by atoms with van der Waals surface area (Å²) in [5.41, 5.74) is 1.96. The molecule has 0 bridgehead atoms. The smallest absolute Gasteiger partial charge is 0.0369 e. The Kier molecular flexibility index (Phi) is 10.8. The van der Waals surface area contributed by atoms with Crippen molar-refractivity contribution in [3.8, 4) is 0 Å². The number of nitrogens with zero attached hydrogens (tertiary/aromatic N) is 1. The predicted molar refractivity (Wildman–Crippen MR) is 53.4 cm³/mol. The second-order valence-corrected chi connectivity index (χ2v) is 1.88. The molecule has 0 aliphatic rings. The van der Waals surface area contributed by atoms with Crippen LogP contribution in [-0.2, 0) is 21.1 Å². The standard InChI is InChI=1S/C8H9N2.C2H6.W/c1-3-5-8-7(4-2)6-9-10-8;1-2;/h4-6H,2H2,1H3,(H,9,10);1-2H3;/q-1;;. The normalized spacial score (nSPS) is 8.54. The van der Waals surface area contributed by atoms with Crippen molar-refractivity contribution in [1.82, 2.24) is 10.2 Å². The molecule has 0 aliphatic heterocycles. The van der Waals surface area contributed by atoms with Gasteiger partial charge < -0.3 is 5.10 Å². The summed E-state index contributed by atoms with van der Waals surface area (Å²) >= 11 is 0. The van der Waals surface area contributed by atoms with E-state index in [1.165, 1.54) is 0 Å². The number of hydrogen-bond donors (Lipinski definition) is 1. The van der Waals surface area contributed by atoms with E-state index in [0.29, 0.717) is 0 Å². The van der Waals surface area contributed by atoms with Gasteiger partial charge in [0.1, 0.15) is 0 Å².